The number of anilines is 2. The molecule has 0 bridgehead atoms. The fraction of sp³-hybridized carbons (Fsp3) is 0.250. The number of hydrogen-bond donors (Lipinski definition) is 1. The molecule has 0 radical (unpaired) electrons. The molecule has 0 fully saturated rings. The molecule has 106 valence electrons. The molecular weight excluding hydrogens is 305 g/mol. The first-order valence-electron chi connectivity index (χ1n) is 6.83. The summed E-state index contributed by atoms with van der Waals surface area (Å²) in [5.74, 6) is 0.544. The van der Waals surface area contributed by atoms with Crippen LogP contribution in [0.1, 0.15) is 29.7 Å². The molecule has 1 aliphatic carbocycles. The molecule has 0 spiro atoms. The van der Waals surface area contributed by atoms with E-state index in [2.05, 4.69) is 16.4 Å². The van der Waals surface area contributed by atoms with Gasteiger partial charge in [0.25, 0.3) is 0 Å². The maximum absolute atomic E-state index is 9.33. The van der Waals surface area contributed by atoms with Crippen molar-refractivity contribution in [2.24, 2.45) is 0 Å². The number of aryl methyl sites for hydroxylation is 2. The van der Waals surface area contributed by atoms with E-state index in [1.165, 1.54) is 5.56 Å². The van der Waals surface area contributed by atoms with Gasteiger partial charge in [0.2, 0.25) is 0 Å². The van der Waals surface area contributed by atoms with Crippen LogP contribution >= 0.6 is 23.2 Å². The van der Waals surface area contributed by atoms with E-state index in [1.807, 2.05) is 12.1 Å². The van der Waals surface area contributed by atoms with Crippen LogP contribution < -0.4 is 5.32 Å². The van der Waals surface area contributed by atoms with Gasteiger partial charge < -0.3 is 5.32 Å². The maximum atomic E-state index is 9.33. The van der Waals surface area contributed by atoms with Crippen LogP contribution in [0.3, 0.4) is 0 Å². The summed E-state index contributed by atoms with van der Waals surface area (Å²) >= 11 is 12.2. The number of fused-ring (bicyclic) bond motifs is 1. The van der Waals surface area contributed by atoms with Crippen molar-refractivity contribution >= 4 is 34.7 Å². The van der Waals surface area contributed by atoms with Gasteiger partial charge in [-0.15, -0.1) is 0 Å². The lowest BCUT2D eigenvalue weighted by Gasteiger charge is -2.17. The Balaban J connectivity index is 2.02. The van der Waals surface area contributed by atoms with E-state index in [9.17, 15) is 5.26 Å². The minimum atomic E-state index is 0.433. The number of hydrogen-bond acceptors (Lipinski definition) is 3. The lowest BCUT2D eigenvalue weighted by Crippen LogP contribution is -2.09. The Morgan fingerprint density at radius 1 is 1.19 bits per heavy atom. The number of benzene rings is 1. The SMILES string of the molecule is N#Cc1cc2c(nc1Nc1cccc(Cl)c1Cl)CCCC2. The predicted molar refractivity (Wildman–Crippen MR) is 85.3 cm³/mol. The summed E-state index contributed by atoms with van der Waals surface area (Å²) in [5.41, 5.74) is 3.44. The van der Waals surface area contributed by atoms with Gasteiger partial charge in [0.15, 0.2) is 0 Å². The lowest BCUT2D eigenvalue weighted by molar-refractivity contribution is 0.668. The second-order valence-corrected chi connectivity index (χ2v) is 5.82. The van der Waals surface area contributed by atoms with Gasteiger partial charge >= 0.3 is 0 Å². The summed E-state index contributed by atoms with van der Waals surface area (Å²) in [5, 5.41) is 13.4. The molecule has 1 heterocycles. The van der Waals surface area contributed by atoms with Crippen molar-refractivity contribution in [3.05, 3.63) is 51.1 Å². The lowest BCUT2D eigenvalue weighted by atomic mass is 9.95. The van der Waals surface area contributed by atoms with Crippen LogP contribution in [0.25, 0.3) is 0 Å². The Hall–Kier alpha value is -1.76. The highest BCUT2D eigenvalue weighted by Gasteiger charge is 2.16. The second kappa shape index (κ2) is 5.93. The molecule has 2 aromatic rings. The Kier molecular flexibility index (Phi) is 4.01. The molecular formula is C16H13Cl2N3. The van der Waals surface area contributed by atoms with Crippen molar-refractivity contribution in [3.8, 4) is 6.07 Å². The first-order valence-corrected chi connectivity index (χ1v) is 7.58. The molecule has 0 aliphatic heterocycles. The predicted octanol–water partition coefficient (Wildman–Crippen LogP) is 4.88. The third kappa shape index (κ3) is 2.83. The number of halogens is 2. The zero-order valence-electron chi connectivity index (χ0n) is 11.3. The molecule has 0 unspecified atom stereocenters. The molecule has 0 amide bonds. The number of rotatable bonds is 2. The van der Waals surface area contributed by atoms with Crippen LogP contribution in [0.4, 0.5) is 11.5 Å². The second-order valence-electron chi connectivity index (χ2n) is 5.04. The largest absolute Gasteiger partial charge is 0.338 e. The number of nitriles is 1. The number of aromatic nitrogens is 1. The minimum absolute atomic E-state index is 0.433. The molecule has 5 heteroatoms. The average Bonchev–Trinajstić information content (AvgIpc) is 2.51. The number of nitrogens with zero attached hydrogens (tertiary/aromatic N) is 2. The van der Waals surface area contributed by atoms with Crippen molar-refractivity contribution in [1.82, 2.24) is 4.98 Å². The summed E-state index contributed by atoms with van der Waals surface area (Å²) in [6.45, 7) is 0. The van der Waals surface area contributed by atoms with E-state index in [0.717, 1.165) is 31.4 Å². The van der Waals surface area contributed by atoms with Crippen LogP contribution in [-0.2, 0) is 12.8 Å². The first kappa shape index (κ1) is 14.2. The summed E-state index contributed by atoms with van der Waals surface area (Å²) in [6, 6.07) is 9.48. The maximum Gasteiger partial charge on any atom is 0.148 e. The molecule has 3 nitrogen and oxygen atoms in total. The zero-order valence-corrected chi connectivity index (χ0v) is 12.8. The van der Waals surface area contributed by atoms with E-state index in [0.29, 0.717) is 27.1 Å². The quantitative estimate of drug-likeness (QED) is 0.858. The molecule has 1 aromatic carbocycles. The van der Waals surface area contributed by atoms with Crippen molar-refractivity contribution in [3.63, 3.8) is 0 Å². The summed E-state index contributed by atoms with van der Waals surface area (Å²) in [6.07, 6.45) is 4.25. The standard InChI is InChI=1S/C16H13Cl2N3/c17-12-5-3-7-14(15(12)18)21-16-11(9-19)8-10-4-1-2-6-13(10)20-16/h3,5,7-8H,1-2,4,6H2,(H,20,21). The van der Waals surface area contributed by atoms with Crippen molar-refractivity contribution in [2.45, 2.75) is 25.7 Å². The highest BCUT2D eigenvalue weighted by atomic mass is 35.5. The van der Waals surface area contributed by atoms with Gasteiger partial charge in [-0.2, -0.15) is 5.26 Å². The van der Waals surface area contributed by atoms with E-state index in [-0.39, 0.29) is 0 Å². The van der Waals surface area contributed by atoms with Gasteiger partial charge in [0, 0.05) is 5.69 Å². The van der Waals surface area contributed by atoms with Crippen LogP contribution in [0, 0.1) is 11.3 Å². The zero-order chi connectivity index (χ0) is 14.8. The Bertz CT molecular complexity index is 735. The van der Waals surface area contributed by atoms with Crippen LogP contribution in [0.15, 0.2) is 24.3 Å². The van der Waals surface area contributed by atoms with Crippen LogP contribution in [0.2, 0.25) is 10.0 Å². The first-order chi connectivity index (χ1) is 10.2. The van der Waals surface area contributed by atoms with Crippen molar-refractivity contribution < 1.29 is 0 Å². The van der Waals surface area contributed by atoms with E-state index < -0.39 is 0 Å². The van der Waals surface area contributed by atoms with Gasteiger partial charge in [-0.1, -0.05) is 29.3 Å². The monoisotopic (exact) mass is 317 g/mol. The Labute approximate surface area is 133 Å². The third-order valence-corrected chi connectivity index (χ3v) is 4.44. The molecule has 1 N–H and O–H groups in total. The summed E-state index contributed by atoms with van der Waals surface area (Å²) in [4.78, 5) is 4.61. The van der Waals surface area contributed by atoms with Crippen molar-refractivity contribution in [1.29, 1.82) is 5.26 Å². The molecule has 1 aliphatic rings. The van der Waals surface area contributed by atoms with Crippen molar-refractivity contribution in [2.75, 3.05) is 5.32 Å². The Morgan fingerprint density at radius 2 is 2.00 bits per heavy atom. The fourth-order valence-corrected chi connectivity index (χ4v) is 2.89. The number of nitrogens with one attached hydrogen (secondary N) is 1. The average molecular weight is 318 g/mol. The third-order valence-electron chi connectivity index (χ3n) is 3.63. The molecule has 1 aromatic heterocycles. The molecule has 3 rings (SSSR count). The van der Waals surface area contributed by atoms with E-state index in [1.54, 1.807) is 12.1 Å². The van der Waals surface area contributed by atoms with Gasteiger partial charge in [-0.25, -0.2) is 4.98 Å². The molecule has 21 heavy (non-hydrogen) atoms. The highest BCUT2D eigenvalue weighted by Crippen LogP contribution is 2.33. The fourth-order valence-electron chi connectivity index (χ4n) is 2.54. The summed E-state index contributed by atoms with van der Waals surface area (Å²) < 4.78 is 0. The topological polar surface area (TPSA) is 48.7 Å². The van der Waals surface area contributed by atoms with Gasteiger partial charge in [0.1, 0.15) is 11.9 Å². The highest BCUT2D eigenvalue weighted by molar-refractivity contribution is 6.43. The van der Waals surface area contributed by atoms with Crippen LogP contribution in [0.5, 0.6) is 0 Å². The smallest absolute Gasteiger partial charge is 0.148 e. The van der Waals surface area contributed by atoms with Crippen LogP contribution in [-0.4, -0.2) is 4.98 Å². The van der Waals surface area contributed by atoms with Gasteiger partial charge in [0.05, 0.1) is 21.3 Å². The molecule has 0 saturated carbocycles. The van der Waals surface area contributed by atoms with Gasteiger partial charge in [-0.05, 0) is 49.4 Å². The van der Waals surface area contributed by atoms with E-state index in [4.69, 9.17) is 23.2 Å². The van der Waals surface area contributed by atoms with E-state index >= 15 is 0 Å². The summed E-state index contributed by atoms with van der Waals surface area (Å²) in [7, 11) is 0. The van der Waals surface area contributed by atoms with Gasteiger partial charge in [-0.3, -0.25) is 0 Å². The minimum Gasteiger partial charge on any atom is -0.338 e. The number of pyridine rings is 1. The Morgan fingerprint density at radius 3 is 2.81 bits per heavy atom. The molecule has 0 saturated heterocycles. The normalized spacial score (nSPS) is 13.4. The molecule has 0 atom stereocenters.